The van der Waals surface area contributed by atoms with Gasteiger partial charge in [-0.25, -0.2) is 19.6 Å². The monoisotopic (exact) mass is 509 g/mol. The first-order valence-corrected chi connectivity index (χ1v) is 12.0. The molecule has 0 fully saturated rings. The zero-order chi connectivity index (χ0) is 21.2. The van der Waals surface area contributed by atoms with Crippen molar-refractivity contribution in [1.29, 1.82) is 0 Å². The fourth-order valence-corrected chi connectivity index (χ4v) is 5.34. The number of fused-ring (bicyclic) bond motifs is 1. The van der Waals surface area contributed by atoms with E-state index in [0.717, 1.165) is 48.2 Å². The molecule has 0 saturated carbocycles. The minimum absolute atomic E-state index is 0.704. The Hall–Kier alpha value is -2.75. The summed E-state index contributed by atoms with van der Waals surface area (Å²) in [4.78, 5) is 13.7. The van der Waals surface area contributed by atoms with Crippen LogP contribution in [-0.2, 0) is 5.75 Å². The number of thioether (sulfide) groups is 1. The summed E-state index contributed by atoms with van der Waals surface area (Å²) < 4.78 is 8.32. The van der Waals surface area contributed by atoms with Gasteiger partial charge in [0.05, 0.1) is 35.6 Å². The van der Waals surface area contributed by atoms with Crippen LogP contribution >= 0.6 is 39.0 Å². The Morgan fingerprint density at radius 3 is 2.84 bits per heavy atom. The highest BCUT2D eigenvalue weighted by Crippen LogP contribution is 2.36. The van der Waals surface area contributed by atoms with Crippen LogP contribution in [0.3, 0.4) is 0 Å². The van der Waals surface area contributed by atoms with Gasteiger partial charge in [0.2, 0.25) is 0 Å². The van der Waals surface area contributed by atoms with Crippen LogP contribution in [-0.4, -0.2) is 31.8 Å². The van der Waals surface area contributed by atoms with E-state index in [0.29, 0.717) is 5.75 Å². The van der Waals surface area contributed by atoms with Gasteiger partial charge >= 0.3 is 0 Å². The van der Waals surface area contributed by atoms with Gasteiger partial charge in [-0.05, 0) is 30.3 Å². The highest BCUT2D eigenvalue weighted by atomic mass is 79.9. The van der Waals surface area contributed by atoms with Gasteiger partial charge in [0.1, 0.15) is 22.1 Å². The predicted octanol–water partition coefficient (Wildman–Crippen LogP) is 6.00. The van der Waals surface area contributed by atoms with Crippen molar-refractivity contribution in [2.24, 2.45) is 0 Å². The summed E-state index contributed by atoms with van der Waals surface area (Å²) in [5.74, 6) is 1.51. The summed E-state index contributed by atoms with van der Waals surface area (Å²) >= 11 is 6.77. The third-order valence-corrected chi connectivity index (χ3v) is 7.09. The van der Waals surface area contributed by atoms with Crippen LogP contribution in [0, 0.1) is 0 Å². The molecule has 0 bridgehead atoms. The summed E-state index contributed by atoms with van der Waals surface area (Å²) in [7, 11) is 1.67. The number of para-hydroxylation sites is 1. The second kappa shape index (κ2) is 8.78. The molecule has 0 amide bonds. The molecule has 0 atom stereocenters. The number of hydrogen-bond acceptors (Lipinski definition) is 7. The molecule has 6 nitrogen and oxygen atoms in total. The average Bonchev–Trinajstić information content (AvgIpc) is 3.46. The van der Waals surface area contributed by atoms with Crippen molar-refractivity contribution in [1.82, 2.24) is 24.7 Å². The summed E-state index contributed by atoms with van der Waals surface area (Å²) in [6, 6.07) is 15.9. The maximum absolute atomic E-state index is 5.49. The standard InChI is InChI=1S/C22H16BrN5OS2/c1-29-19-8-7-14(23)9-17(19)22-27-15(12-31-22)11-30-21-18-10-26-28(20(18)24-13-25-21)16-5-3-2-4-6-16/h2-10,12-13H,11H2,1H3. The lowest BCUT2D eigenvalue weighted by Gasteiger charge is -2.06. The Kier molecular flexibility index (Phi) is 5.71. The second-order valence-electron chi connectivity index (χ2n) is 6.59. The molecule has 0 radical (unpaired) electrons. The number of hydrogen-bond donors (Lipinski definition) is 0. The molecule has 0 aliphatic heterocycles. The fraction of sp³-hybridized carbons (Fsp3) is 0.0909. The van der Waals surface area contributed by atoms with Crippen molar-refractivity contribution in [3.63, 3.8) is 0 Å². The largest absolute Gasteiger partial charge is 0.496 e. The van der Waals surface area contributed by atoms with Crippen LogP contribution in [0.2, 0.25) is 0 Å². The zero-order valence-electron chi connectivity index (χ0n) is 16.4. The van der Waals surface area contributed by atoms with E-state index in [2.05, 4.69) is 36.4 Å². The fourth-order valence-electron chi connectivity index (χ4n) is 3.18. The Morgan fingerprint density at radius 1 is 1.13 bits per heavy atom. The molecule has 0 aliphatic rings. The van der Waals surface area contributed by atoms with E-state index < -0.39 is 0 Å². The summed E-state index contributed by atoms with van der Waals surface area (Å²) in [6.45, 7) is 0. The van der Waals surface area contributed by atoms with Crippen molar-refractivity contribution in [2.45, 2.75) is 10.8 Å². The van der Waals surface area contributed by atoms with Crippen LogP contribution < -0.4 is 4.74 Å². The topological polar surface area (TPSA) is 65.7 Å². The van der Waals surface area contributed by atoms with Crippen LogP contribution in [0.4, 0.5) is 0 Å². The molecular formula is C22H16BrN5OS2. The number of benzene rings is 2. The lowest BCUT2D eigenvalue weighted by atomic mass is 10.2. The number of aromatic nitrogens is 5. The third kappa shape index (κ3) is 4.08. The van der Waals surface area contributed by atoms with Crippen molar-refractivity contribution >= 4 is 50.1 Å². The van der Waals surface area contributed by atoms with Gasteiger partial charge in [0.15, 0.2) is 5.65 Å². The second-order valence-corrected chi connectivity index (χ2v) is 9.32. The van der Waals surface area contributed by atoms with Gasteiger partial charge in [0.25, 0.3) is 0 Å². The van der Waals surface area contributed by atoms with E-state index in [1.807, 2.05) is 59.4 Å². The summed E-state index contributed by atoms with van der Waals surface area (Å²) in [5.41, 5.74) is 3.74. The van der Waals surface area contributed by atoms with Gasteiger partial charge < -0.3 is 4.74 Å². The van der Waals surface area contributed by atoms with Crippen LogP contribution in [0.25, 0.3) is 27.3 Å². The molecule has 0 aliphatic carbocycles. The molecule has 5 rings (SSSR count). The summed E-state index contributed by atoms with van der Waals surface area (Å²) in [6.07, 6.45) is 3.41. The van der Waals surface area contributed by atoms with E-state index in [-0.39, 0.29) is 0 Å². The van der Waals surface area contributed by atoms with Crippen LogP contribution in [0.15, 0.2) is 75.9 Å². The van der Waals surface area contributed by atoms with Gasteiger partial charge in [0, 0.05) is 15.6 Å². The molecule has 2 aromatic carbocycles. The molecule has 31 heavy (non-hydrogen) atoms. The number of ether oxygens (including phenoxy) is 1. The molecule has 0 unspecified atom stereocenters. The normalized spacial score (nSPS) is 11.2. The first-order chi connectivity index (χ1) is 15.2. The van der Waals surface area contributed by atoms with Crippen LogP contribution in [0.1, 0.15) is 5.69 Å². The zero-order valence-corrected chi connectivity index (χ0v) is 19.6. The quantitative estimate of drug-likeness (QED) is 0.206. The Labute approximate surface area is 195 Å². The van der Waals surface area contributed by atoms with E-state index in [9.17, 15) is 0 Å². The summed E-state index contributed by atoms with van der Waals surface area (Å²) in [5, 5.41) is 9.35. The maximum atomic E-state index is 5.49. The first-order valence-electron chi connectivity index (χ1n) is 9.38. The highest BCUT2D eigenvalue weighted by Gasteiger charge is 2.14. The molecular weight excluding hydrogens is 494 g/mol. The molecule has 3 heterocycles. The molecule has 9 heteroatoms. The molecule has 3 aromatic heterocycles. The smallest absolute Gasteiger partial charge is 0.167 e. The van der Waals surface area contributed by atoms with E-state index >= 15 is 0 Å². The van der Waals surface area contributed by atoms with Crippen molar-refractivity contribution in [3.05, 3.63) is 76.6 Å². The van der Waals surface area contributed by atoms with Crippen molar-refractivity contribution < 1.29 is 4.74 Å². The Bertz CT molecular complexity index is 1350. The molecule has 0 N–H and O–H groups in total. The molecule has 154 valence electrons. The van der Waals surface area contributed by atoms with Gasteiger partial charge in [-0.15, -0.1) is 11.3 Å². The number of methoxy groups -OCH3 is 1. The Balaban J connectivity index is 1.39. The minimum Gasteiger partial charge on any atom is -0.496 e. The predicted molar refractivity (Wildman–Crippen MR) is 128 cm³/mol. The first kappa shape index (κ1) is 20.2. The van der Waals surface area contributed by atoms with Crippen molar-refractivity contribution in [3.8, 4) is 22.0 Å². The van der Waals surface area contributed by atoms with Crippen molar-refractivity contribution in [2.75, 3.05) is 7.11 Å². The van der Waals surface area contributed by atoms with Crippen LogP contribution in [0.5, 0.6) is 5.75 Å². The van der Waals surface area contributed by atoms with Gasteiger partial charge in [-0.3, -0.25) is 0 Å². The number of rotatable bonds is 6. The highest BCUT2D eigenvalue weighted by molar-refractivity contribution is 9.10. The van der Waals surface area contributed by atoms with E-state index in [1.54, 1.807) is 36.5 Å². The van der Waals surface area contributed by atoms with E-state index in [4.69, 9.17) is 9.72 Å². The van der Waals surface area contributed by atoms with Gasteiger partial charge in [-0.1, -0.05) is 45.9 Å². The number of thiazole rings is 1. The number of nitrogens with zero attached hydrogens (tertiary/aromatic N) is 5. The minimum atomic E-state index is 0.704. The Morgan fingerprint density at radius 2 is 2.00 bits per heavy atom. The molecule has 0 spiro atoms. The average molecular weight is 510 g/mol. The molecule has 0 saturated heterocycles. The third-order valence-electron chi connectivity index (χ3n) is 4.63. The SMILES string of the molecule is COc1ccc(Br)cc1-c1nc(CSc2ncnc3c2cnn3-c2ccccc2)cs1. The van der Waals surface area contributed by atoms with Gasteiger partial charge in [-0.2, -0.15) is 5.10 Å². The lowest BCUT2D eigenvalue weighted by Crippen LogP contribution is -1.97. The molecule has 5 aromatic rings. The lowest BCUT2D eigenvalue weighted by molar-refractivity contribution is 0.416. The van der Waals surface area contributed by atoms with E-state index in [1.165, 1.54) is 0 Å². The number of halogens is 1. The maximum Gasteiger partial charge on any atom is 0.167 e.